The molecule has 0 unspecified atom stereocenters. The van der Waals surface area contributed by atoms with Gasteiger partial charge in [0.15, 0.2) is 11.2 Å². The van der Waals surface area contributed by atoms with Gasteiger partial charge in [0.25, 0.3) is 0 Å². The summed E-state index contributed by atoms with van der Waals surface area (Å²) in [5, 5.41) is 0.515. The average molecular weight is 272 g/mol. The highest BCUT2D eigenvalue weighted by atomic mass is 16.3. The number of Topliss-reactive ketones (excluding diaryl/α,β-unsaturated/α-hetero) is 1. The maximum absolute atomic E-state index is 12.6. The topological polar surface area (TPSA) is 47.3 Å². The van der Waals surface area contributed by atoms with Crippen LogP contribution in [0.15, 0.2) is 27.4 Å². The molecule has 0 spiro atoms. The lowest BCUT2D eigenvalue weighted by Crippen LogP contribution is -2.13. The Morgan fingerprint density at radius 1 is 1.15 bits per heavy atom. The first-order valence-corrected chi connectivity index (χ1v) is 7.18. The third-order valence-electron chi connectivity index (χ3n) is 3.45. The first kappa shape index (κ1) is 14.5. The van der Waals surface area contributed by atoms with E-state index >= 15 is 0 Å². The molecule has 2 rings (SSSR count). The molecule has 0 bridgehead atoms. The highest BCUT2D eigenvalue weighted by molar-refractivity contribution is 5.97. The van der Waals surface area contributed by atoms with Gasteiger partial charge in [-0.25, -0.2) is 0 Å². The Labute approximate surface area is 118 Å². The average Bonchev–Trinajstić information content (AvgIpc) is 2.43. The van der Waals surface area contributed by atoms with Crippen molar-refractivity contribution < 1.29 is 9.21 Å². The molecule has 3 heteroatoms. The van der Waals surface area contributed by atoms with Crippen LogP contribution in [0.4, 0.5) is 0 Å². The number of carbonyl (C=O) groups is 1. The van der Waals surface area contributed by atoms with E-state index < -0.39 is 0 Å². The standard InChI is InChI=1S/C17H20O3/c1-4-6-13-15(7-5-2)20-16-9-8-12(11(3)18)10-14(16)17(13)19/h8-10H,4-7H2,1-3H3. The molecule has 2 aromatic rings. The summed E-state index contributed by atoms with van der Waals surface area (Å²) in [7, 11) is 0. The second-order valence-electron chi connectivity index (χ2n) is 5.10. The summed E-state index contributed by atoms with van der Waals surface area (Å²) in [6.07, 6.45) is 3.34. The normalized spacial score (nSPS) is 10.9. The van der Waals surface area contributed by atoms with Gasteiger partial charge < -0.3 is 4.42 Å². The van der Waals surface area contributed by atoms with E-state index in [2.05, 4.69) is 6.92 Å². The van der Waals surface area contributed by atoms with Gasteiger partial charge in [0.2, 0.25) is 0 Å². The summed E-state index contributed by atoms with van der Waals surface area (Å²) >= 11 is 0. The molecular formula is C17H20O3. The molecule has 0 atom stereocenters. The van der Waals surface area contributed by atoms with Crippen LogP contribution in [0.3, 0.4) is 0 Å². The van der Waals surface area contributed by atoms with E-state index in [-0.39, 0.29) is 11.2 Å². The van der Waals surface area contributed by atoms with E-state index in [0.29, 0.717) is 16.5 Å². The molecule has 1 heterocycles. The van der Waals surface area contributed by atoms with Crippen LogP contribution >= 0.6 is 0 Å². The van der Waals surface area contributed by atoms with Crippen molar-refractivity contribution in [1.82, 2.24) is 0 Å². The van der Waals surface area contributed by atoms with Crippen molar-refractivity contribution in [2.75, 3.05) is 0 Å². The number of hydrogen-bond acceptors (Lipinski definition) is 3. The lowest BCUT2D eigenvalue weighted by molar-refractivity contribution is 0.101. The Balaban J connectivity index is 2.72. The molecule has 20 heavy (non-hydrogen) atoms. The largest absolute Gasteiger partial charge is 0.461 e. The second kappa shape index (κ2) is 6.04. The fourth-order valence-electron chi connectivity index (χ4n) is 2.43. The molecule has 106 valence electrons. The summed E-state index contributed by atoms with van der Waals surface area (Å²) in [6.45, 7) is 5.62. The van der Waals surface area contributed by atoms with Crippen LogP contribution in [0.25, 0.3) is 11.0 Å². The van der Waals surface area contributed by atoms with Crippen molar-refractivity contribution in [1.29, 1.82) is 0 Å². The number of carbonyl (C=O) groups excluding carboxylic acids is 1. The fourth-order valence-corrected chi connectivity index (χ4v) is 2.43. The third kappa shape index (κ3) is 2.67. The number of benzene rings is 1. The molecule has 0 aliphatic carbocycles. The number of fused-ring (bicyclic) bond motifs is 1. The second-order valence-corrected chi connectivity index (χ2v) is 5.10. The van der Waals surface area contributed by atoms with Gasteiger partial charge in [-0.15, -0.1) is 0 Å². The molecule has 0 fully saturated rings. The van der Waals surface area contributed by atoms with Gasteiger partial charge in [-0.2, -0.15) is 0 Å². The minimum Gasteiger partial charge on any atom is -0.461 e. The van der Waals surface area contributed by atoms with Crippen LogP contribution in [0.2, 0.25) is 0 Å². The smallest absolute Gasteiger partial charge is 0.196 e. The summed E-state index contributed by atoms with van der Waals surface area (Å²) in [4.78, 5) is 24.1. The van der Waals surface area contributed by atoms with E-state index in [1.165, 1.54) is 6.92 Å². The van der Waals surface area contributed by atoms with Crippen molar-refractivity contribution in [3.8, 4) is 0 Å². The highest BCUT2D eigenvalue weighted by Gasteiger charge is 2.14. The van der Waals surface area contributed by atoms with Crippen LogP contribution in [-0.4, -0.2) is 5.78 Å². The zero-order chi connectivity index (χ0) is 14.7. The van der Waals surface area contributed by atoms with E-state index in [9.17, 15) is 9.59 Å². The summed E-state index contributed by atoms with van der Waals surface area (Å²) in [6, 6.07) is 5.09. The molecule has 0 aliphatic rings. The minimum absolute atomic E-state index is 0.0136. The Morgan fingerprint density at radius 3 is 2.45 bits per heavy atom. The minimum atomic E-state index is -0.0408. The van der Waals surface area contributed by atoms with Crippen molar-refractivity contribution in [3.63, 3.8) is 0 Å². The van der Waals surface area contributed by atoms with Crippen molar-refractivity contribution in [3.05, 3.63) is 45.3 Å². The molecule has 0 amide bonds. The number of aryl methyl sites for hydroxylation is 1. The Hall–Kier alpha value is -1.90. The fraction of sp³-hybridized carbons (Fsp3) is 0.412. The molecule has 3 nitrogen and oxygen atoms in total. The molecule has 0 N–H and O–H groups in total. The van der Waals surface area contributed by atoms with Crippen LogP contribution in [0, 0.1) is 0 Å². The predicted octanol–water partition coefficient (Wildman–Crippen LogP) is 3.90. The van der Waals surface area contributed by atoms with Gasteiger partial charge in [0.05, 0.1) is 5.39 Å². The number of hydrogen-bond donors (Lipinski definition) is 0. The lowest BCUT2D eigenvalue weighted by atomic mass is 10.0. The van der Waals surface area contributed by atoms with Gasteiger partial charge >= 0.3 is 0 Å². The first-order chi connectivity index (χ1) is 9.58. The van der Waals surface area contributed by atoms with E-state index in [1.54, 1.807) is 18.2 Å². The Kier molecular flexibility index (Phi) is 4.38. The predicted molar refractivity (Wildman–Crippen MR) is 80.5 cm³/mol. The maximum Gasteiger partial charge on any atom is 0.196 e. The van der Waals surface area contributed by atoms with Crippen LogP contribution < -0.4 is 5.43 Å². The summed E-state index contributed by atoms with van der Waals surface area (Å²) < 4.78 is 5.89. The first-order valence-electron chi connectivity index (χ1n) is 7.18. The quantitative estimate of drug-likeness (QED) is 0.775. The molecule has 0 saturated heterocycles. The lowest BCUT2D eigenvalue weighted by Gasteiger charge is -2.09. The summed E-state index contributed by atoms with van der Waals surface area (Å²) in [5.41, 5.74) is 1.90. The van der Waals surface area contributed by atoms with Crippen LogP contribution in [0.1, 0.15) is 55.3 Å². The molecule has 0 radical (unpaired) electrons. The zero-order valence-electron chi connectivity index (χ0n) is 12.3. The van der Waals surface area contributed by atoms with Crippen LogP contribution in [0.5, 0.6) is 0 Å². The van der Waals surface area contributed by atoms with Crippen molar-refractivity contribution in [2.24, 2.45) is 0 Å². The van der Waals surface area contributed by atoms with Crippen LogP contribution in [-0.2, 0) is 12.8 Å². The highest BCUT2D eigenvalue weighted by Crippen LogP contribution is 2.20. The molecular weight excluding hydrogens is 252 g/mol. The number of ketones is 1. The molecule has 1 aromatic heterocycles. The Morgan fingerprint density at radius 2 is 1.85 bits per heavy atom. The van der Waals surface area contributed by atoms with E-state index in [1.807, 2.05) is 6.92 Å². The molecule has 1 aromatic carbocycles. The van der Waals surface area contributed by atoms with Crippen molar-refractivity contribution in [2.45, 2.75) is 46.5 Å². The van der Waals surface area contributed by atoms with Gasteiger partial charge in [-0.1, -0.05) is 20.3 Å². The van der Waals surface area contributed by atoms with E-state index in [4.69, 9.17) is 4.42 Å². The van der Waals surface area contributed by atoms with Gasteiger partial charge in [0, 0.05) is 17.5 Å². The molecule has 0 aliphatic heterocycles. The summed E-state index contributed by atoms with van der Waals surface area (Å²) in [5.74, 6) is 0.753. The maximum atomic E-state index is 12.6. The van der Waals surface area contributed by atoms with Gasteiger partial charge in [0.1, 0.15) is 11.3 Å². The SMILES string of the molecule is CCCc1oc2ccc(C(C)=O)cc2c(=O)c1CCC. The van der Waals surface area contributed by atoms with Gasteiger partial charge in [-0.3, -0.25) is 9.59 Å². The zero-order valence-corrected chi connectivity index (χ0v) is 12.3. The third-order valence-corrected chi connectivity index (χ3v) is 3.45. The number of rotatable bonds is 5. The van der Waals surface area contributed by atoms with Gasteiger partial charge in [-0.05, 0) is 38.0 Å². The molecule has 0 saturated carbocycles. The van der Waals surface area contributed by atoms with Crippen molar-refractivity contribution >= 4 is 16.8 Å². The Bertz CT molecular complexity index is 695. The van der Waals surface area contributed by atoms with E-state index in [0.717, 1.165) is 37.0 Å². The monoisotopic (exact) mass is 272 g/mol.